The van der Waals surface area contributed by atoms with E-state index >= 15 is 0 Å². The molecule has 1 saturated heterocycles. The van der Waals surface area contributed by atoms with Gasteiger partial charge in [0.2, 0.25) is 0 Å². The van der Waals surface area contributed by atoms with Gasteiger partial charge in [-0.25, -0.2) is 0 Å². The minimum atomic E-state index is -0.401. The normalized spacial score (nSPS) is 17.0. The Kier molecular flexibility index (Phi) is 10.2. The average Bonchev–Trinajstić information content (AvgIpc) is 2.88. The lowest BCUT2D eigenvalue weighted by molar-refractivity contribution is 0.141. The van der Waals surface area contributed by atoms with Crippen LogP contribution < -0.4 is 9.26 Å². The smallest absolute Gasteiger partial charge is 0.129 e. The van der Waals surface area contributed by atoms with Crippen LogP contribution in [0.4, 0.5) is 0 Å². The number of benzene rings is 1. The first-order chi connectivity index (χ1) is 9.15. The van der Waals surface area contributed by atoms with Crippen molar-refractivity contribution < 1.29 is 14.0 Å². The highest BCUT2D eigenvalue weighted by atomic mass is 31.1. The Labute approximate surface area is 127 Å². The van der Waals surface area contributed by atoms with E-state index in [1.165, 1.54) is 0 Å². The Bertz CT molecular complexity index is 377. The Morgan fingerprint density at radius 2 is 1.95 bits per heavy atom. The van der Waals surface area contributed by atoms with Crippen molar-refractivity contribution in [2.75, 3.05) is 26.5 Å². The summed E-state index contributed by atoms with van der Waals surface area (Å²) in [6, 6.07) is 6.02. The van der Waals surface area contributed by atoms with Gasteiger partial charge in [-0.15, -0.1) is 0 Å². The molecule has 0 N–H and O–H groups in total. The summed E-state index contributed by atoms with van der Waals surface area (Å²) in [6.07, 6.45) is 1.16. The van der Waals surface area contributed by atoms with Crippen LogP contribution in [0.25, 0.3) is 0 Å². The first kappa shape index (κ1) is 19.6. The summed E-state index contributed by atoms with van der Waals surface area (Å²) in [4.78, 5) is 0. The van der Waals surface area contributed by atoms with Crippen LogP contribution in [0.3, 0.4) is 0 Å². The predicted octanol–water partition coefficient (Wildman–Crippen LogP) is 4.28. The lowest BCUT2D eigenvalue weighted by Crippen LogP contribution is -2.15. The monoisotopic (exact) mass is 318 g/mol. The van der Waals surface area contributed by atoms with Crippen molar-refractivity contribution in [2.24, 2.45) is 0 Å². The first-order valence-electron chi connectivity index (χ1n) is 6.85. The number of ether oxygens (including phenoxy) is 2. The van der Waals surface area contributed by atoms with Gasteiger partial charge in [0, 0.05) is 12.5 Å². The third kappa shape index (κ3) is 6.39. The molecule has 1 heterocycles. The minimum absolute atomic E-state index is 0. The molecule has 1 aromatic carbocycles. The molecule has 0 amide bonds. The first-order valence-corrected chi connectivity index (χ1v) is 9.01. The second kappa shape index (κ2) is 10.4. The van der Waals surface area contributed by atoms with Gasteiger partial charge in [0.25, 0.3) is 0 Å². The fourth-order valence-electron chi connectivity index (χ4n) is 1.75. The average molecular weight is 318 g/mol. The van der Waals surface area contributed by atoms with Crippen LogP contribution in [0.5, 0.6) is 11.5 Å². The molecule has 20 heavy (non-hydrogen) atoms. The molecule has 3 nitrogen and oxygen atoms in total. The van der Waals surface area contributed by atoms with Gasteiger partial charge in [-0.2, -0.15) is 9.90 Å². The Hall–Kier alpha value is -0.360. The molecule has 116 valence electrons. The van der Waals surface area contributed by atoms with Crippen LogP contribution in [-0.4, -0.2) is 32.6 Å². The maximum Gasteiger partial charge on any atom is 0.129 e. The maximum absolute atomic E-state index is 5.85. The summed E-state index contributed by atoms with van der Waals surface area (Å²) in [5.74, 6) is 1.80. The molecule has 1 aromatic rings. The molecule has 2 rings (SSSR count). The second-order valence-corrected chi connectivity index (χ2v) is 6.24. The summed E-state index contributed by atoms with van der Waals surface area (Å²) in [7, 11) is -0.401. The molecule has 0 aliphatic carbocycles. The summed E-state index contributed by atoms with van der Waals surface area (Å²) in [6.45, 7) is 11.7. The highest BCUT2D eigenvalue weighted by Crippen LogP contribution is 2.34. The largest absolute Gasteiger partial charge is 0.488 e. The van der Waals surface area contributed by atoms with Crippen molar-refractivity contribution in [1.82, 2.24) is 0 Å². The maximum atomic E-state index is 5.85. The van der Waals surface area contributed by atoms with Crippen molar-refractivity contribution >= 4 is 18.0 Å². The molecule has 0 saturated carbocycles. The van der Waals surface area contributed by atoms with E-state index in [4.69, 9.17) is 14.0 Å². The Balaban J connectivity index is 0.00000115. The molecule has 0 radical (unpaired) electrons. The minimum Gasteiger partial charge on any atom is -0.488 e. The second-order valence-electron chi connectivity index (χ2n) is 4.43. The molecule has 0 aromatic heterocycles. The fraction of sp³-hybridized carbons (Fsp3) is 0.600. The molecular formula is C15H28O3P2. The molecule has 1 unspecified atom stereocenters. The van der Waals surface area contributed by atoms with E-state index in [9.17, 15) is 0 Å². The van der Waals surface area contributed by atoms with E-state index in [-0.39, 0.29) is 16.0 Å². The van der Waals surface area contributed by atoms with Crippen molar-refractivity contribution in [1.29, 1.82) is 0 Å². The molecule has 1 aliphatic rings. The van der Waals surface area contributed by atoms with Crippen molar-refractivity contribution in [3.8, 4) is 11.5 Å². The fourth-order valence-corrected chi connectivity index (χ4v) is 2.34. The van der Waals surface area contributed by atoms with Crippen molar-refractivity contribution in [3.05, 3.63) is 23.8 Å². The quantitative estimate of drug-likeness (QED) is 0.776. The van der Waals surface area contributed by atoms with Gasteiger partial charge in [0.05, 0.1) is 21.4 Å². The standard InChI is InChI=1S/C13H19O3P.C2H6.H3P/c1-10-4-5-11(8-13(10)16-17(2)3)15-12-6-7-14-9-12;1-2;/h4-5,8,12H,6-7,9H2,1-3H3;1-2H3;1H3/t12-;;/m1../s1. The van der Waals surface area contributed by atoms with E-state index in [2.05, 4.69) is 20.3 Å². The van der Waals surface area contributed by atoms with Gasteiger partial charge in [-0.3, -0.25) is 0 Å². The van der Waals surface area contributed by atoms with Crippen molar-refractivity contribution in [3.63, 3.8) is 0 Å². The van der Waals surface area contributed by atoms with Crippen LogP contribution in [0, 0.1) is 6.92 Å². The molecule has 5 heteroatoms. The van der Waals surface area contributed by atoms with E-state index in [0.717, 1.165) is 30.1 Å². The van der Waals surface area contributed by atoms with E-state index < -0.39 is 8.15 Å². The SMILES string of the molecule is CC.Cc1ccc(O[C@@H]2CCOC2)cc1OP(C)C.P. The van der Waals surface area contributed by atoms with Crippen molar-refractivity contribution in [2.45, 2.75) is 33.3 Å². The zero-order chi connectivity index (χ0) is 14.3. The van der Waals surface area contributed by atoms with Crippen LogP contribution >= 0.6 is 18.0 Å². The third-order valence-corrected chi connectivity index (χ3v) is 3.19. The highest BCUT2D eigenvalue weighted by Gasteiger charge is 2.17. The van der Waals surface area contributed by atoms with Gasteiger partial charge < -0.3 is 14.0 Å². The van der Waals surface area contributed by atoms with Gasteiger partial charge in [0.1, 0.15) is 17.6 Å². The van der Waals surface area contributed by atoms with Crippen LogP contribution in [-0.2, 0) is 4.74 Å². The summed E-state index contributed by atoms with van der Waals surface area (Å²) < 4.78 is 17.0. The summed E-state index contributed by atoms with van der Waals surface area (Å²) in [5.41, 5.74) is 1.15. The third-order valence-electron chi connectivity index (χ3n) is 2.63. The van der Waals surface area contributed by atoms with Gasteiger partial charge in [-0.05, 0) is 31.9 Å². The zero-order valence-electron chi connectivity index (χ0n) is 13.3. The lowest BCUT2D eigenvalue weighted by Gasteiger charge is -2.16. The molecule has 0 bridgehead atoms. The number of hydrogen-bond acceptors (Lipinski definition) is 3. The molecule has 2 atom stereocenters. The van der Waals surface area contributed by atoms with E-state index in [1.807, 2.05) is 32.0 Å². The molecule has 1 aliphatic heterocycles. The highest BCUT2D eigenvalue weighted by molar-refractivity contribution is 7.51. The predicted molar refractivity (Wildman–Crippen MR) is 92.9 cm³/mol. The molecule has 0 spiro atoms. The molecule has 1 fully saturated rings. The van der Waals surface area contributed by atoms with Gasteiger partial charge in [0.15, 0.2) is 0 Å². The lowest BCUT2D eigenvalue weighted by atomic mass is 10.2. The number of hydrogen-bond donors (Lipinski definition) is 0. The summed E-state index contributed by atoms with van der Waals surface area (Å²) >= 11 is 0. The van der Waals surface area contributed by atoms with Crippen LogP contribution in [0.15, 0.2) is 18.2 Å². The van der Waals surface area contributed by atoms with E-state index in [0.29, 0.717) is 6.61 Å². The van der Waals surface area contributed by atoms with Gasteiger partial charge in [-0.1, -0.05) is 19.9 Å². The Morgan fingerprint density at radius 3 is 2.50 bits per heavy atom. The van der Waals surface area contributed by atoms with Gasteiger partial charge >= 0.3 is 0 Å². The zero-order valence-corrected chi connectivity index (χ0v) is 15.6. The molecular weight excluding hydrogens is 290 g/mol. The number of rotatable bonds is 4. The summed E-state index contributed by atoms with van der Waals surface area (Å²) in [5, 5.41) is 0. The number of aryl methyl sites for hydroxylation is 1. The van der Waals surface area contributed by atoms with Crippen LogP contribution in [0.1, 0.15) is 25.8 Å². The topological polar surface area (TPSA) is 27.7 Å². The Morgan fingerprint density at radius 1 is 1.25 bits per heavy atom. The van der Waals surface area contributed by atoms with E-state index in [1.54, 1.807) is 0 Å². The van der Waals surface area contributed by atoms with Crippen LogP contribution in [0.2, 0.25) is 0 Å².